The maximum absolute atomic E-state index is 5.57. The molecule has 6 nitrogen and oxygen atoms in total. The van der Waals surface area contributed by atoms with E-state index in [1.807, 2.05) is 7.05 Å². The number of aliphatic imine (C=N–C) groups is 1. The second kappa shape index (κ2) is 10.6. The molecule has 2 N–H and O–H groups in total. The molecule has 2 aliphatic rings. The van der Waals surface area contributed by atoms with E-state index in [2.05, 4.69) is 70.7 Å². The summed E-state index contributed by atoms with van der Waals surface area (Å²) in [5.74, 6) is 0.901. The number of nitrogens with one attached hydrogen (secondary N) is 2. The van der Waals surface area contributed by atoms with Crippen molar-refractivity contribution in [3.8, 4) is 0 Å². The summed E-state index contributed by atoms with van der Waals surface area (Å²) in [5.41, 5.74) is 2.75. The van der Waals surface area contributed by atoms with Crippen LogP contribution in [0.2, 0.25) is 0 Å². The molecule has 158 valence electrons. The molecular formula is C21H36IN5O. The predicted octanol–water partition coefficient (Wildman–Crippen LogP) is 2.47. The molecule has 1 atom stereocenters. The van der Waals surface area contributed by atoms with Gasteiger partial charge in [-0.3, -0.25) is 4.99 Å². The smallest absolute Gasteiger partial charge is 0.191 e. The standard InChI is InChI=1S/C21H35N5O.HI/c1-17-5-7-19(8-6-17)26-12-9-18(15-26)24-20(22-2)23-16-21(25(3)4)10-13-27-14-11-21;/h5-8,18H,9-16H2,1-4H3,(H2,22,23,24);1H. The first-order chi connectivity index (χ1) is 13.0. The van der Waals surface area contributed by atoms with Gasteiger partial charge in [0.1, 0.15) is 0 Å². The number of rotatable bonds is 5. The average molecular weight is 501 g/mol. The normalized spacial score (nSPS) is 22.1. The molecule has 1 aromatic rings. The highest BCUT2D eigenvalue weighted by Crippen LogP contribution is 2.25. The van der Waals surface area contributed by atoms with Crippen LogP contribution in [0.25, 0.3) is 0 Å². The fourth-order valence-electron chi connectivity index (χ4n) is 4.04. The molecule has 0 spiro atoms. The number of hydrogen-bond donors (Lipinski definition) is 2. The Hall–Kier alpha value is -1.06. The van der Waals surface area contributed by atoms with Crippen molar-refractivity contribution in [2.75, 3.05) is 58.9 Å². The van der Waals surface area contributed by atoms with Gasteiger partial charge in [0.2, 0.25) is 0 Å². The van der Waals surface area contributed by atoms with E-state index in [-0.39, 0.29) is 29.5 Å². The zero-order chi connectivity index (χ0) is 19.3. The van der Waals surface area contributed by atoms with E-state index >= 15 is 0 Å². The van der Waals surface area contributed by atoms with Crippen molar-refractivity contribution in [1.82, 2.24) is 15.5 Å². The van der Waals surface area contributed by atoms with Crippen LogP contribution in [0.5, 0.6) is 0 Å². The molecule has 2 aliphatic heterocycles. The topological polar surface area (TPSA) is 52.1 Å². The van der Waals surface area contributed by atoms with Crippen LogP contribution in [-0.4, -0.2) is 76.4 Å². The molecule has 2 heterocycles. The highest BCUT2D eigenvalue weighted by molar-refractivity contribution is 14.0. The number of anilines is 1. The molecule has 28 heavy (non-hydrogen) atoms. The fraction of sp³-hybridized carbons (Fsp3) is 0.667. The number of guanidine groups is 1. The minimum atomic E-state index is 0. The first-order valence-electron chi connectivity index (χ1n) is 10.1. The van der Waals surface area contributed by atoms with Gasteiger partial charge in [0.15, 0.2) is 5.96 Å². The molecule has 0 aromatic heterocycles. The van der Waals surface area contributed by atoms with E-state index < -0.39 is 0 Å². The molecule has 0 aliphatic carbocycles. The molecule has 0 bridgehead atoms. The van der Waals surface area contributed by atoms with Crippen molar-refractivity contribution in [2.45, 2.75) is 37.8 Å². The second-order valence-electron chi connectivity index (χ2n) is 8.07. The SMILES string of the molecule is CN=C(NCC1(N(C)C)CCOCC1)NC1CCN(c2ccc(C)cc2)C1.I. The van der Waals surface area contributed by atoms with E-state index in [0.717, 1.165) is 58.1 Å². The Morgan fingerprint density at radius 2 is 1.93 bits per heavy atom. The van der Waals surface area contributed by atoms with Gasteiger partial charge in [0.25, 0.3) is 0 Å². The van der Waals surface area contributed by atoms with E-state index in [1.165, 1.54) is 11.3 Å². The molecular weight excluding hydrogens is 465 g/mol. The monoisotopic (exact) mass is 501 g/mol. The lowest BCUT2D eigenvalue weighted by Crippen LogP contribution is -2.57. The lowest BCUT2D eigenvalue weighted by molar-refractivity contribution is -0.00502. The van der Waals surface area contributed by atoms with Gasteiger partial charge in [-0.1, -0.05) is 17.7 Å². The largest absolute Gasteiger partial charge is 0.381 e. The van der Waals surface area contributed by atoms with Crippen LogP contribution in [0.1, 0.15) is 24.8 Å². The van der Waals surface area contributed by atoms with Gasteiger partial charge in [0, 0.05) is 57.2 Å². The summed E-state index contributed by atoms with van der Waals surface area (Å²) < 4.78 is 5.57. The molecule has 1 unspecified atom stereocenters. The molecule has 1 aromatic carbocycles. The number of aryl methyl sites for hydroxylation is 1. The number of hydrogen-bond acceptors (Lipinski definition) is 4. The van der Waals surface area contributed by atoms with Gasteiger partial charge in [-0.15, -0.1) is 24.0 Å². The third kappa shape index (κ3) is 5.73. The van der Waals surface area contributed by atoms with Gasteiger partial charge in [-0.2, -0.15) is 0 Å². The lowest BCUT2D eigenvalue weighted by Gasteiger charge is -2.43. The molecule has 0 amide bonds. The van der Waals surface area contributed by atoms with Crippen molar-refractivity contribution in [3.05, 3.63) is 29.8 Å². The van der Waals surface area contributed by atoms with Crippen LogP contribution in [0, 0.1) is 6.92 Å². The molecule has 7 heteroatoms. The van der Waals surface area contributed by atoms with Gasteiger partial charge >= 0.3 is 0 Å². The van der Waals surface area contributed by atoms with Crippen LogP contribution < -0.4 is 15.5 Å². The van der Waals surface area contributed by atoms with Crippen LogP contribution in [-0.2, 0) is 4.74 Å². The lowest BCUT2D eigenvalue weighted by atomic mass is 9.88. The van der Waals surface area contributed by atoms with Crippen molar-refractivity contribution in [3.63, 3.8) is 0 Å². The Balaban J connectivity index is 0.00000280. The summed E-state index contributed by atoms with van der Waals surface area (Å²) in [4.78, 5) is 9.25. The summed E-state index contributed by atoms with van der Waals surface area (Å²) in [7, 11) is 6.19. The number of benzene rings is 1. The highest BCUT2D eigenvalue weighted by atomic mass is 127. The summed E-state index contributed by atoms with van der Waals surface area (Å²) >= 11 is 0. The fourth-order valence-corrected chi connectivity index (χ4v) is 4.04. The Labute approximate surface area is 187 Å². The van der Waals surface area contributed by atoms with E-state index in [4.69, 9.17) is 4.74 Å². The number of likely N-dealkylation sites (N-methyl/N-ethyl adjacent to an activating group) is 1. The van der Waals surface area contributed by atoms with Crippen molar-refractivity contribution in [2.24, 2.45) is 4.99 Å². The van der Waals surface area contributed by atoms with Crippen LogP contribution in [0.4, 0.5) is 5.69 Å². The Kier molecular flexibility index (Phi) is 8.82. The number of ether oxygens (including phenoxy) is 1. The number of nitrogens with zero attached hydrogens (tertiary/aromatic N) is 3. The van der Waals surface area contributed by atoms with Gasteiger partial charge < -0.3 is 25.2 Å². The molecule has 0 saturated carbocycles. The van der Waals surface area contributed by atoms with Crippen LogP contribution in [0.3, 0.4) is 0 Å². The van der Waals surface area contributed by atoms with E-state index in [0.29, 0.717) is 6.04 Å². The minimum absolute atomic E-state index is 0. The maximum Gasteiger partial charge on any atom is 0.191 e. The first kappa shape index (κ1) is 23.2. The van der Waals surface area contributed by atoms with Crippen LogP contribution >= 0.6 is 24.0 Å². The summed E-state index contributed by atoms with van der Waals surface area (Å²) in [6, 6.07) is 9.23. The first-order valence-corrected chi connectivity index (χ1v) is 10.1. The molecule has 2 saturated heterocycles. The average Bonchev–Trinajstić information content (AvgIpc) is 3.15. The predicted molar refractivity (Wildman–Crippen MR) is 128 cm³/mol. The maximum atomic E-state index is 5.57. The minimum Gasteiger partial charge on any atom is -0.381 e. The Morgan fingerprint density at radius 3 is 2.54 bits per heavy atom. The zero-order valence-electron chi connectivity index (χ0n) is 17.7. The Bertz CT molecular complexity index is 628. The number of halogens is 1. The zero-order valence-corrected chi connectivity index (χ0v) is 20.0. The van der Waals surface area contributed by atoms with Crippen molar-refractivity contribution < 1.29 is 4.74 Å². The highest BCUT2D eigenvalue weighted by Gasteiger charge is 2.35. The Morgan fingerprint density at radius 1 is 1.25 bits per heavy atom. The second-order valence-corrected chi connectivity index (χ2v) is 8.07. The van der Waals surface area contributed by atoms with Gasteiger partial charge in [-0.05, 0) is 52.4 Å². The van der Waals surface area contributed by atoms with Crippen molar-refractivity contribution in [1.29, 1.82) is 0 Å². The van der Waals surface area contributed by atoms with Gasteiger partial charge in [0.05, 0.1) is 0 Å². The van der Waals surface area contributed by atoms with Crippen molar-refractivity contribution >= 4 is 35.6 Å². The third-order valence-corrected chi connectivity index (χ3v) is 6.11. The van der Waals surface area contributed by atoms with Gasteiger partial charge in [-0.25, -0.2) is 0 Å². The summed E-state index contributed by atoms with van der Waals surface area (Å²) in [5, 5.41) is 7.19. The van der Waals surface area contributed by atoms with E-state index in [1.54, 1.807) is 0 Å². The molecule has 2 fully saturated rings. The third-order valence-electron chi connectivity index (χ3n) is 6.11. The van der Waals surface area contributed by atoms with E-state index in [9.17, 15) is 0 Å². The molecule has 0 radical (unpaired) electrons. The van der Waals surface area contributed by atoms with Crippen LogP contribution in [0.15, 0.2) is 29.3 Å². The summed E-state index contributed by atoms with van der Waals surface area (Å²) in [6.45, 7) is 6.78. The molecule has 3 rings (SSSR count). The summed E-state index contributed by atoms with van der Waals surface area (Å²) in [6.07, 6.45) is 3.23. The quantitative estimate of drug-likeness (QED) is 0.369.